The van der Waals surface area contributed by atoms with Crippen LogP contribution in [-0.4, -0.2) is 11.7 Å². The van der Waals surface area contributed by atoms with Gasteiger partial charge < -0.3 is 16.2 Å². The number of nitrogens with one attached hydrogen (secondary N) is 1. The van der Waals surface area contributed by atoms with Gasteiger partial charge in [0.25, 0.3) is 0 Å². The van der Waals surface area contributed by atoms with Crippen LogP contribution in [0.5, 0.6) is 0 Å². The standard InChI is InChI=1S/C27H48N2O/c1-3-5-6-7-8-9-10-11-12-13-14-15-16-17-18-26(4-2)29-23-27(30)24-19-21-25(28)22-20-24/h4,19-22,27,29-30H,3,5-18,23,28H2,1-2H3/b26-4-. The molecule has 0 saturated carbocycles. The molecule has 0 radical (unpaired) electrons. The molecule has 1 aromatic carbocycles. The molecule has 0 heterocycles. The van der Waals surface area contributed by atoms with E-state index >= 15 is 0 Å². The van der Waals surface area contributed by atoms with Crippen LogP contribution < -0.4 is 11.1 Å². The van der Waals surface area contributed by atoms with Gasteiger partial charge in [0, 0.05) is 17.9 Å². The Labute approximate surface area is 186 Å². The summed E-state index contributed by atoms with van der Waals surface area (Å²) < 4.78 is 0. The lowest BCUT2D eigenvalue weighted by molar-refractivity contribution is 0.178. The number of allylic oxidation sites excluding steroid dienone is 2. The predicted octanol–water partition coefficient (Wildman–Crippen LogP) is 7.67. The molecule has 1 atom stereocenters. The van der Waals surface area contributed by atoms with Crippen molar-refractivity contribution in [2.24, 2.45) is 0 Å². The second-order valence-corrected chi connectivity index (χ2v) is 8.72. The molecule has 0 saturated heterocycles. The van der Waals surface area contributed by atoms with Crippen LogP contribution in [0.2, 0.25) is 0 Å². The first-order valence-electron chi connectivity index (χ1n) is 12.6. The molecule has 4 N–H and O–H groups in total. The van der Waals surface area contributed by atoms with Crippen LogP contribution in [0.3, 0.4) is 0 Å². The summed E-state index contributed by atoms with van der Waals surface area (Å²) in [7, 11) is 0. The molecular weight excluding hydrogens is 368 g/mol. The summed E-state index contributed by atoms with van der Waals surface area (Å²) in [6.45, 7) is 4.90. The Hall–Kier alpha value is -1.48. The highest BCUT2D eigenvalue weighted by Gasteiger charge is 2.07. The molecular formula is C27H48N2O. The number of aliphatic hydroxyl groups is 1. The van der Waals surface area contributed by atoms with Crippen LogP contribution in [0.4, 0.5) is 5.69 Å². The second-order valence-electron chi connectivity index (χ2n) is 8.72. The quantitative estimate of drug-likeness (QED) is 0.160. The fourth-order valence-electron chi connectivity index (χ4n) is 3.91. The van der Waals surface area contributed by atoms with Gasteiger partial charge in [-0.15, -0.1) is 0 Å². The summed E-state index contributed by atoms with van der Waals surface area (Å²) in [5, 5.41) is 13.7. The highest BCUT2D eigenvalue weighted by atomic mass is 16.3. The van der Waals surface area contributed by atoms with Crippen molar-refractivity contribution in [3.63, 3.8) is 0 Å². The van der Waals surface area contributed by atoms with E-state index in [1.165, 1.54) is 95.6 Å². The fourth-order valence-corrected chi connectivity index (χ4v) is 3.91. The molecule has 1 rings (SSSR count). The lowest BCUT2D eigenvalue weighted by Crippen LogP contribution is -2.21. The average Bonchev–Trinajstić information content (AvgIpc) is 2.76. The molecule has 3 heteroatoms. The SMILES string of the molecule is C/C=C(/CCCCCCCCCCCCCCCC)NCC(O)c1ccc(N)cc1. The Kier molecular flexibility index (Phi) is 16.2. The van der Waals surface area contributed by atoms with Gasteiger partial charge in [0.15, 0.2) is 0 Å². The van der Waals surface area contributed by atoms with Gasteiger partial charge in [-0.2, -0.15) is 0 Å². The number of aliphatic hydroxyl groups excluding tert-OH is 1. The summed E-state index contributed by atoms with van der Waals surface area (Å²) in [6, 6.07) is 7.46. The number of benzene rings is 1. The van der Waals surface area contributed by atoms with Crippen molar-refractivity contribution in [2.45, 2.75) is 116 Å². The van der Waals surface area contributed by atoms with Gasteiger partial charge in [-0.05, 0) is 37.5 Å². The molecule has 3 nitrogen and oxygen atoms in total. The molecule has 1 aromatic rings. The molecule has 0 aliphatic heterocycles. The fraction of sp³-hybridized carbons (Fsp3) is 0.704. The Balaban J connectivity index is 1.95. The zero-order valence-corrected chi connectivity index (χ0v) is 19.8. The molecule has 0 aliphatic rings. The van der Waals surface area contributed by atoms with Crippen molar-refractivity contribution in [2.75, 3.05) is 12.3 Å². The number of unbranched alkanes of at least 4 members (excludes halogenated alkanes) is 13. The third-order valence-corrected chi connectivity index (χ3v) is 5.99. The lowest BCUT2D eigenvalue weighted by Gasteiger charge is -2.16. The number of hydrogen-bond acceptors (Lipinski definition) is 3. The van der Waals surface area contributed by atoms with Gasteiger partial charge in [0.1, 0.15) is 0 Å². The smallest absolute Gasteiger partial charge is 0.0962 e. The van der Waals surface area contributed by atoms with E-state index < -0.39 is 6.10 Å². The first-order valence-corrected chi connectivity index (χ1v) is 12.6. The van der Waals surface area contributed by atoms with E-state index in [4.69, 9.17) is 5.73 Å². The van der Waals surface area contributed by atoms with Crippen molar-refractivity contribution < 1.29 is 5.11 Å². The number of anilines is 1. The summed E-state index contributed by atoms with van der Waals surface area (Å²) in [5.74, 6) is 0. The van der Waals surface area contributed by atoms with Gasteiger partial charge in [0.2, 0.25) is 0 Å². The van der Waals surface area contributed by atoms with E-state index in [-0.39, 0.29) is 0 Å². The van der Waals surface area contributed by atoms with Crippen molar-refractivity contribution in [1.29, 1.82) is 0 Å². The van der Waals surface area contributed by atoms with Crippen molar-refractivity contribution >= 4 is 5.69 Å². The van der Waals surface area contributed by atoms with Crippen LogP contribution in [0.1, 0.15) is 122 Å². The van der Waals surface area contributed by atoms with Crippen LogP contribution in [0, 0.1) is 0 Å². The maximum Gasteiger partial charge on any atom is 0.0962 e. The van der Waals surface area contributed by atoms with Gasteiger partial charge in [-0.25, -0.2) is 0 Å². The average molecular weight is 417 g/mol. The number of hydrogen-bond donors (Lipinski definition) is 3. The molecule has 0 fully saturated rings. The molecule has 0 spiro atoms. The minimum atomic E-state index is -0.503. The van der Waals surface area contributed by atoms with Crippen molar-refractivity contribution in [1.82, 2.24) is 5.32 Å². The Bertz CT molecular complexity index is 538. The highest BCUT2D eigenvalue weighted by molar-refractivity contribution is 5.39. The minimum Gasteiger partial charge on any atom is -0.399 e. The zero-order chi connectivity index (χ0) is 21.9. The molecule has 1 unspecified atom stereocenters. The number of rotatable bonds is 19. The van der Waals surface area contributed by atoms with Crippen LogP contribution in [0.15, 0.2) is 36.0 Å². The van der Waals surface area contributed by atoms with Gasteiger partial charge in [-0.3, -0.25) is 0 Å². The summed E-state index contributed by atoms with van der Waals surface area (Å²) in [6.07, 6.45) is 22.2. The maximum absolute atomic E-state index is 10.3. The molecule has 0 aliphatic carbocycles. The van der Waals surface area contributed by atoms with E-state index in [9.17, 15) is 5.11 Å². The van der Waals surface area contributed by atoms with Crippen molar-refractivity contribution in [3.8, 4) is 0 Å². The third kappa shape index (κ3) is 13.7. The van der Waals surface area contributed by atoms with Crippen LogP contribution in [-0.2, 0) is 0 Å². The van der Waals surface area contributed by atoms with Gasteiger partial charge >= 0.3 is 0 Å². The van der Waals surface area contributed by atoms with E-state index in [1.54, 1.807) is 0 Å². The molecule has 30 heavy (non-hydrogen) atoms. The highest BCUT2D eigenvalue weighted by Crippen LogP contribution is 2.16. The predicted molar refractivity (Wildman–Crippen MR) is 133 cm³/mol. The van der Waals surface area contributed by atoms with E-state index in [1.807, 2.05) is 24.3 Å². The zero-order valence-electron chi connectivity index (χ0n) is 19.8. The van der Waals surface area contributed by atoms with E-state index in [2.05, 4.69) is 25.2 Å². The second kappa shape index (κ2) is 18.3. The molecule has 0 aromatic heterocycles. The summed E-state index contributed by atoms with van der Waals surface area (Å²) >= 11 is 0. The van der Waals surface area contributed by atoms with E-state index in [0.29, 0.717) is 6.54 Å². The Morgan fingerprint density at radius 1 is 0.833 bits per heavy atom. The molecule has 172 valence electrons. The van der Waals surface area contributed by atoms with Gasteiger partial charge in [-0.1, -0.05) is 109 Å². The summed E-state index contributed by atoms with van der Waals surface area (Å²) in [5.41, 5.74) is 8.58. The van der Waals surface area contributed by atoms with Gasteiger partial charge in [0.05, 0.1) is 6.10 Å². The lowest BCUT2D eigenvalue weighted by atomic mass is 10.0. The molecule has 0 amide bonds. The van der Waals surface area contributed by atoms with Crippen LogP contribution >= 0.6 is 0 Å². The largest absolute Gasteiger partial charge is 0.399 e. The van der Waals surface area contributed by atoms with Crippen molar-refractivity contribution in [3.05, 3.63) is 41.6 Å². The maximum atomic E-state index is 10.3. The number of nitrogen functional groups attached to an aromatic ring is 1. The van der Waals surface area contributed by atoms with E-state index in [0.717, 1.165) is 17.7 Å². The summed E-state index contributed by atoms with van der Waals surface area (Å²) in [4.78, 5) is 0. The van der Waals surface area contributed by atoms with Crippen LogP contribution in [0.25, 0.3) is 0 Å². The monoisotopic (exact) mass is 416 g/mol. The number of nitrogens with two attached hydrogens (primary N) is 1. The first-order chi connectivity index (χ1) is 14.7. The minimum absolute atomic E-state index is 0.503. The Morgan fingerprint density at radius 3 is 1.77 bits per heavy atom. The Morgan fingerprint density at radius 2 is 1.30 bits per heavy atom. The normalized spacial score (nSPS) is 12.8. The topological polar surface area (TPSA) is 58.3 Å². The first kappa shape index (κ1) is 26.6. The molecule has 0 bridgehead atoms. The third-order valence-electron chi connectivity index (χ3n) is 5.99.